The normalized spacial score (nSPS) is 11.6. The zero-order chi connectivity index (χ0) is 12.9. The Labute approximate surface area is 103 Å². The van der Waals surface area contributed by atoms with E-state index in [2.05, 4.69) is 5.32 Å². The Balaban J connectivity index is 2.63. The third-order valence-corrected chi connectivity index (χ3v) is 2.27. The lowest BCUT2D eigenvalue weighted by molar-refractivity contribution is -0.139. The Kier molecular flexibility index (Phi) is 5.08. The summed E-state index contributed by atoms with van der Waals surface area (Å²) in [6.07, 6.45) is -5.16. The van der Waals surface area contributed by atoms with E-state index >= 15 is 0 Å². The van der Waals surface area contributed by atoms with Gasteiger partial charge in [0.05, 0.1) is 13.0 Å². The highest BCUT2D eigenvalue weighted by Crippen LogP contribution is 2.25. The molecule has 0 atom stereocenters. The first kappa shape index (κ1) is 14.1. The molecular weight excluding hydrogens is 255 g/mol. The second-order valence-electron chi connectivity index (χ2n) is 3.50. The Hall–Kier alpha value is -0.940. The van der Waals surface area contributed by atoms with Crippen LogP contribution in [-0.2, 0) is 6.54 Å². The topological polar surface area (TPSA) is 21.3 Å². The molecule has 0 saturated carbocycles. The molecule has 0 aliphatic rings. The number of alkyl halides is 3. The third kappa shape index (κ3) is 5.28. The average Bonchev–Trinajstić information content (AvgIpc) is 2.20. The van der Waals surface area contributed by atoms with Gasteiger partial charge in [-0.2, -0.15) is 13.2 Å². The van der Waals surface area contributed by atoms with Crippen LogP contribution in [0.1, 0.15) is 12.0 Å². The van der Waals surface area contributed by atoms with Gasteiger partial charge in [0.1, 0.15) is 5.75 Å². The molecule has 2 nitrogen and oxygen atoms in total. The summed E-state index contributed by atoms with van der Waals surface area (Å²) in [6, 6.07) is 4.83. The van der Waals surface area contributed by atoms with Gasteiger partial charge in [0.25, 0.3) is 0 Å². The fourth-order valence-electron chi connectivity index (χ4n) is 1.29. The molecule has 0 saturated heterocycles. The maximum absolute atomic E-state index is 12.0. The highest BCUT2D eigenvalue weighted by Gasteiger charge is 2.26. The van der Waals surface area contributed by atoms with E-state index < -0.39 is 12.6 Å². The number of halogens is 4. The molecular formula is C11H13ClF3NO. The lowest BCUT2D eigenvalue weighted by Gasteiger charge is -2.12. The molecule has 1 aromatic rings. The average molecular weight is 268 g/mol. The maximum Gasteiger partial charge on any atom is 0.392 e. The summed E-state index contributed by atoms with van der Waals surface area (Å²) in [6.45, 7) is 0.101. The van der Waals surface area contributed by atoms with Crippen molar-refractivity contribution in [1.82, 2.24) is 5.32 Å². The van der Waals surface area contributed by atoms with E-state index in [-0.39, 0.29) is 6.61 Å². The fraction of sp³-hybridized carbons (Fsp3) is 0.455. The van der Waals surface area contributed by atoms with Crippen LogP contribution >= 0.6 is 11.6 Å². The first-order valence-corrected chi connectivity index (χ1v) is 5.43. The third-order valence-electron chi connectivity index (χ3n) is 2.03. The predicted molar refractivity (Wildman–Crippen MR) is 60.4 cm³/mol. The Morgan fingerprint density at radius 1 is 1.35 bits per heavy atom. The fourth-order valence-corrected chi connectivity index (χ4v) is 1.49. The SMILES string of the molecule is CNCc1cc(Cl)ccc1OCCC(F)(F)F. The van der Waals surface area contributed by atoms with Crippen molar-refractivity contribution in [3.63, 3.8) is 0 Å². The van der Waals surface area contributed by atoms with Crippen LogP contribution in [0.4, 0.5) is 13.2 Å². The Bertz CT molecular complexity index is 368. The molecule has 1 rings (SSSR count). The number of nitrogens with one attached hydrogen (secondary N) is 1. The highest BCUT2D eigenvalue weighted by molar-refractivity contribution is 6.30. The van der Waals surface area contributed by atoms with Gasteiger partial charge < -0.3 is 10.1 Å². The van der Waals surface area contributed by atoms with Crippen LogP contribution in [0, 0.1) is 0 Å². The van der Waals surface area contributed by atoms with Crippen LogP contribution in [0.25, 0.3) is 0 Å². The van der Waals surface area contributed by atoms with Gasteiger partial charge in [0.15, 0.2) is 0 Å². The van der Waals surface area contributed by atoms with Crippen molar-refractivity contribution < 1.29 is 17.9 Å². The minimum absolute atomic E-state index is 0.387. The van der Waals surface area contributed by atoms with Crippen molar-refractivity contribution in [2.45, 2.75) is 19.1 Å². The van der Waals surface area contributed by atoms with Gasteiger partial charge in [-0.15, -0.1) is 0 Å². The maximum atomic E-state index is 12.0. The summed E-state index contributed by atoms with van der Waals surface area (Å²) < 4.78 is 41.0. The molecule has 0 aliphatic carbocycles. The zero-order valence-corrected chi connectivity index (χ0v) is 10.0. The number of benzene rings is 1. The van der Waals surface area contributed by atoms with Crippen LogP contribution in [0.3, 0.4) is 0 Å². The molecule has 0 amide bonds. The summed E-state index contributed by atoms with van der Waals surface area (Å²) in [7, 11) is 1.74. The summed E-state index contributed by atoms with van der Waals surface area (Å²) in [5.41, 5.74) is 0.738. The summed E-state index contributed by atoms with van der Waals surface area (Å²) in [5, 5.41) is 3.42. The summed E-state index contributed by atoms with van der Waals surface area (Å²) in [4.78, 5) is 0. The molecule has 0 bridgehead atoms. The van der Waals surface area contributed by atoms with Gasteiger partial charge in [-0.05, 0) is 25.2 Å². The molecule has 6 heteroatoms. The van der Waals surface area contributed by atoms with E-state index in [1.165, 1.54) is 0 Å². The number of hydrogen-bond donors (Lipinski definition) is 1. The molecule has 0 heterocycles. The Morgan fingerprint density at radius 3 is 2.65 bits per heavy atom. The van der Waals surface area contributed by atoms with Crippen molar-refractivity contribution in [2.75, 3.05) is 13.7 Å². The number of rotatable bonds is 5. The molecule has 0 radical (unpaired) electrons. The predicted octanol–water partition coefficient (Wildman–Crippen LogP) is 3.39. The van der Waals surface area contributed by atoms with Gasteiger partial charge >= 0.3 is 6.18 Å². The van der Waals surface area contributed by atoms with Crippen LogP contribution in [-0.4, -0.2) is 19.8 Å². The van der Waals surface area contributed by atoms with Crippen molar-refractivity contribution in [3.05, 3.63) is 28.8 Å². The first-order valence-electron chi connectivity index (χ1n) is 5.05. The van der Waals surface area contributed by atoms with E-state index in [9.17, 15) is 13.2 Å². The van der Waals surface area contributed by atoms with Gasteiger partial charge in [-0.25, -0.2) is 0 Å². The molecule has 0 aliphatic heterocycles. The van der Waals surface area contributed by atoms with Crippen molar-refractivity contribution >= 4 is 11.6 Å². The summed E-state index contributed by atoms with van der Waals surface area (Å²) in [5.74, 6) is 0.424. The largest absolute Gasteiger partial charge is 0.493 e. The molecule has 0 spiro atoms. The van der Waals surface area contributed by atoms with Crippen LogP contribution in [0.2, 0.25) is 5.02 Å². The van der Waals surface area contributed by atoms with Crippen LogP contribution in [0.15, 0.2) is 18.2 Å². The monoisotopic (exact) mass is 267 g/mol. The molecule has 1 aromatic carbocycles. The van der Waals surface area contributed by atoms with E-state index in [1.807, 2.05) is 0 Å². The van der Waals surface area contributed by atoms with Crippen LogP contribution in [0.5, 0.6) is 5.75 Å². The van der Waals surface area contributed by atoms with Gasteiger partial charge in [-0.3, -0.25) is 0 Å². The van der Waals surface area contributed by atoms with E-state index in [0.29, 0.717) is 17.3 Å². The zero-order valence-electron chi connectivity index (χ0n) is 9.27. The highest BCUT2D eigenvalue weighted by atomic mass is 35.5. The number of hydrogen-bond acceptors (Lipinski definition) is 2. The van der Waals surface area contributed by atoms with E-state index in [4.69, 9.17) is 16.3 Å². The quantitative estimate of drug-likeness (QED) is 0.883. The lowest BCUT2D eigenvalue weighted by atomic mass is 10.2. The van der Waals surface area contributed by atoms with E-state index in [1.54, 1.807) is 25.2 Å². The van der Waals surface area contributed by atoms with Crippen molar-refractivity contribution in [1.29, 1.82) is 0 Å². The van der Waals surface area contributed by atoms with Crippen LogP contribution < -0.4 is 10.1 Å². The minimum Gasteiger partial charge on any atom is -0.493 e. The number of ether oxygens (including phenoxy) is 1. The van der Waals surface area contributed by atoms with Gasteiger partial charge in [0.2, 0.25) is 0 Å². The lowest BCUT2D eigenvalue weighted by Crippen LogP contribution is -2.14. The molecule has 0 fully saturated rings. The molecule has 1 N–H and O–H groups in total. The summed E-state index contributed by atoms with van der Waals surface area (Å²) >= 11 is 5.80. The standard InChI is InChI=1S/C11H13ClF3NO/c1-16-7-8-6-9(12)2-3-10(8)17-5-4-11(13,14)15/h2-3,6,16H,4-5,7H2,1H3. The first-order chi connectivity index (χ1) is 7.92. The van der Waals surface area contributed by atoms with Crippen molar-refractivity contribution in [3.8, 4) is 5.75 Å². The molecule has 0 aromatic heterocycles. The Morgan fingerprint density at radius 2 is 2.06 bits per heavy atom. The van der Waals surface area contributed by atoms with Gasteiger partial charge in [-0.1, -0.05) is 11.6 Å². The minimum atomic E-state index is -4.20. The molecule has 96 valence electrons. The van der Waals surface area contributed by atoms with Crippen molar-refractivity contribution in [2.24, 2.45) is 0 Å². The second-order valence-corrected chi connectivity index (χ2v) is 3.93. The molecule has 17 heavy (non-hydrogen) atoms. The smallest absolute Gasteiger partial charge is 0.392 e. The van der Waals surface area contributed by atoms with Gasteiger partial charge in [0, 0.05) is 17.1 Å². The molecule has 0 unspecified atom stereocenters. The van der Waals surface area contributed by atoms with E-state index in [0.717, 1.165) is 5.56 Å². The second kappa shape index (κ2) is 6.12.